The molecule has 2 aromatic carbocycles. The van der Waals surface area contributed by atoms with Crippen LogP contribution in [0.1, 0.15) is 20.7 Å². The maximum absolute atomic E-state index is 12.9. The van der Waals surface area contributed by atoms with Gasteiger partial charge in [0.25, 0.3) is 5.91 Å². The zero-order valence-electron chi connectivity index (χ0n) is 15.8. The summed E-state index contributed by atoms with van der Waals surface area (Å²) in [7, 11) is 0. The molecule has 4 aromatic rings. The van der Waals surface area contributed by atoms with E-state index >= 15 is 0 Å². The number of carbonyl (C=O) groups excluding carboxylic acids is 2. The minimum absolute atomic E-state index is 0.0709. The van der Waals surface area contributed by atoms with Gasteiger partial charge in [-0.2, -0.15) is 0 Å². The lowest BCUT2D eigenvalue weighted by Gasteiger charge is -2.09. The third-order valence-electron chi connectivity index (χ3n) is 4.65. The summed E-state index contributed by atoms with van der Waals surface area (Å²) in [5, 5.41) is 9.19. The Morgan fingerprint density at radius 1 is 1.10 bits per heavy atom. The molecule has 31 heavy (non-hydrogen) atoms. The third kappa shape index (κ3) is 3.38. The molecule has 0 aliphatic carbocycles. The quantitative estimate of drug-likeness (QED) is 0.491. The molecule has 5 rings (SSSR count). The largest absolute Gasteiger partial charge is 0.454 e. The number of anilines is 1. The van der Waals surface area contributed by atoms with E-state index in [4.69, 9.17) is 19.7 Å². The van der Waals surface area contributed by atoms with Gasteiger partial charge in [-0.25, -0.2) is 4.98 Å². The summed E-state index contributed by atoms with van der Waals surface area (Å²) in [5.41, 5.74) is 7.46. The summed E-state index contributed by atoms with van der Waals surface area (Å²) in [5.74, 6) is 0.0563. The van der Waals surface area contributed by atoms with Crippen molar-refractivity contribution in [1.82, 2.24) is 10.1 Å². The predicted octanol–water partition coefficient (Wildman–Crippen LogP) is 3.55. The molecular formula is C21H14N4O5S. The Bertz CT molecular complexity index is 1300. The minimum Gasteiger partial charge on any atom is -0.454 e. The van der Waals surface area contributed by atoms with Crippen molar-refractivity contribution < 1.29 is 23.6 Å². The van der Waals surface area contributed by atoms with Crippen molar-refractivity contribution in [3.05, 3.63) is 65.2 Å². The molecule has 0 fully saturated rings. The van der Waals surface area contributed by atoms with Crippen LogP contribution in [-0.4, -0.2) is 28.7 Å². The molecule has 10 heteroatoms. The highest BCUT2D eigenvalue weighted by molar-refractivity contribution is 7.13. The highest BCUT2D eigenvalue weighted by Crippen LogP contribution is 2.40. The topological polar surface area (TPSA) is 130 Å². The molecule has 0 saturated heterocycles. The second kappa shape index (κ2) is 7.58. The van der Waals surface area contributed by atoms with Crippen molar-refractivity contribution in [3.63, 3.8) is 0 Å². The third-order valence-corrected chi connectivity index (χ3v) is 5.43. The zero-order valence-corrected chi connectivity index (χ0v) is 16.6. The van der Waals surface area contributed by atoms with Crippen molar-refractivity contribution in [2.24, 2.45) is 5.73 Å². The van der Waals surface area contributed by atoms with Gasteiger partial charge in [0.1, 0.15) is 5.01 Å². The van der Waals surface area contributed by atoms with Crippen LogP contribution in [0.3, 0.4) is 0 Å². The molecule has 2 amide bonds. The standard InChI is InChI=1S/C21H14N4O5S/c22-18(26)13-4-2-1-3-12(13)16-17(21-23-7-8-31-21)25-30-20(16)24-19(27)11-5-6-14-15(9-11)29-10-28-14/h1-9H,10H2,(H2,22,26)(H,24,27). The number of primary amides is 1. The van der Waals surface area contributed by atoms with Crippen LogP contribution in [0.25, 0.3) is 21.8 Å². The fraction of sp³-hybridized carbons (Fsp3) is 0.0476. The van der Waals surface area contributed by atoms with Crippen molar-refractivity contribution in [1.29, 1.82) is 0 Å². The summed E-state index contributed by atoms with van der Waals surface area (Å²) in [6.45, 7) is 0.105. The summed E-state index contributed by atoms with van der Waals surface area (Å²) in [4.78, 5) is 29.2. The molecule has 1 aliphatic rings. The van der Waals surface area contributed by atoms with Crippen LogP contribution >= 0.6 is 11.3 Å². The summed E-state index contributed by atoms with van der Waals surface area (Å²) in [6.07, 6.45) is 1.63. The Hall–Kier alpha value is -4.18. The second-order valence-corrected chi connectivity index (χ2v) is 7.40. The van der Waals surface area contributed by atoms with Gasteiger partial charge in [-0.05, 0) is 24.3 Å². The molecule has 0 radical (unpaired) electrons. The second-order valence-electron chi connectivity index (χ2n) is 6.50. The SMILES string of the molecule is NC(=O)c1ccccc1-c1c(-c2nccs2)noc1NC(=O)c1ccc2c(c1)OCO2. The number of amides is 2. The Kier molecular flexibility index (Phi) is 4.60. The summed E-state index contributed by atoms with van der Waals surface area (Å²) < 4.78 is 16.1. The Balaban J connectivity index is 1.58. The number of rotatable bonds is 5. The molecule has 1 aliphatic heterocycles. The van der Waals surface area contributed by atoms with Gasteiger partial charge < -0.3 is 19.7 Å². The number of benzene rings is 2. The molecule has 0 saturated carbocycles. The zero-order chi connectivity index (χ0) is 21.4. The molecule has 0 bridgehead atoms. The number of thiazole rings is 1. The highest BCUT2D eigenvalue weighted by Gasteiger charge is 2.26. The van der Waals surface area contributed by atoms with Crippen molar-refractivity contribution in [2.45, 2.75) is 0 Å². The molecule has 0 unspecified atom stereocenters. The maximum Gasteiger partial charge on any atom is 0.258 e. The fourth-order valence-electron chi connectivity index (χ4n) is 3.24. The van der Waals surface area contributed by atoms with E-state index in [-0.39, 0.29) is 18.2 Å². The lowest BCUT2D eigenvalue weighted by atomic mass is 9.99. The minimum atomic E-state index is -0.616. The number of nitrogens with two attached hydrogens (primary N) is 1. The van der Waals surface area contributed by atoms with Gasteiger partial charge in [0.2, 0.25) is 18.6 Å². The van der Waals surface area contributed by atoms with Gasteiger partial charge >= 0.3 is 0 Å². The van der Waals surface area contributed by atoms with Gasteiger partial charge in [0.05, 0.1) is 5.56 Å². The molecule has 0 atom stereocenters. The number of hydrogen-bond acceptors (Lipinski definition) is 8. The van der Waals surface area contributed by atoms with Crippen molar-refractivity contribution >= 4 is 29.0 Å². The molecular weight excluding hydrogens is 420 g/mol. The van der Waals surface area contributed by atoms with Crippen molar-refractivity contribution in [3.8, 4) is 33.3 Å². The first-order valence-corrected chi connectivity index (χ1v) is 9.99. The number of nitrogens with one attached hydrogen (secondary N) is 1. The van der Waals surface area contributed by atoms with Gasteiger partial charge in [0.15, 0.2) is 17.2 Å². The number of ether oxygens (including phenoxy) is 2. The molecule has 2 aromatic heterocycles. The summed E-state index contributed by atoms with van der Waals surface area (Å²) >= 11 is 1.35. The number of hydrogen-bond donors (Lipinski definition) is 2. The van der Waals surface area contributed by atoms with E-state index in [2.05, 4.69) is 15.5 Å². The van der Waals surface area contributed by atoms with E-state index in [1.807, 2.05) is 0 Å². The molecule has 3 N–H and O–H groups in total. The summed E-state index contributed by atoms with van der Waals surface area (Å²) in [6, 6.07) is 11.6. The van der Waals surface area contributed by atoms with E-state index in [0.717, 1.165) is 0 Å². The monoisotopic (exact) mass is 434 g/mol. The fourth-order valence-corrected chi connectivity index (χ4v) is 3.86. The first-order chi connectivity index (χ1) is 15.1. The average molecular weight is 434 g/mol. The first-order valence-electron chi connectivity index (χ1n) is 9.11. The lowest BCUT2D eigenvalue weighted by molar-refractivity contribution is 0.0998. The first kappa shape index (κ1) is 18.8. The van der Waals surface area contributed by atoms with Crippen LogP contribution in [-0.2, 0) is 0 Å². The smallest absolute Gasteiger partial charge is 0.258 e. The highest BCUT2D eigenvalue weighted by atomic mass is 32.1. The van der Waals surface area contributed by atoms with Crippen molar-refractivity contribution in [2.75, 3.05) is 12.1 Å². The normalized spacial score (nSPS) is 12.0. The van der Waals surface area contributed by atoms with E-state index in [0.29, 0.717) is 38.9 Å². The van der Waals surface area contributed by atoms with E-state index in [1.165, 1.54) is 11.3 Å². The van der Waals surface area contributed by atoms with Crippen LogP contribution in [0, 0.1) is 0 Å². The van der Waals surface area contributed by atoms with Gasteiger partial charge in [-0.3, -0.25) is 14.9 Å². The Morgan fingerprint density at radius 2 is 1.94 bits per heavy atom. The van der Waals surface area contributed by atoms with Gasteiger partial charge in [-0.1, -0.05) is 23.4 Å². The van der Waals surface area contributed by atoms with E-state index < -0.39 is 11.8 Å². The molecule has 154 valence electrons. The van der Waals surface area contributed by atoms with Crippen LogP contribution in [0.5, 0.6) is 11.5 Å². The Labute approximate surface area is 179 Å². The lowest BCUT2D eigenvalue weighted by Crippen LogP contribution is -2.14. The maximum atomic E-state index is 12.9. The average Bonchev–Trinajstić information content (AvgIpc) is 3.53. The Morgan fingerprint density at radius 3 is 2.74 bits per heavy atom. The van der Waals surface area contributed by atoms with Crippen LogP contribution in [0.2, 0.25) is 0 Å². The number of fused-ring (bicyclic) bond motifs is 1. The number of carbonyl (C=O) groups is 2. The van der Waals surface area contributed by atoms with Crippen LogP contribution in [0.4, 0.5) is 5.88 Å². The van der Waals surface area contributed by atoms with Gasteiger partial charge in [-0.15, -0.1) is 11.3 Å². The molecule has 0 spiro atoms. The number of nitrogens with zero attached hydrogens (tertiary/aromatic N) is 2. The predicted molar refractivity (Wildman–Crippen MR) is 112 cm³/mol. The van der Waals surface area contributed by atoms with Crippen LogP contribution in [0.15, 0.2) is 58.6 Å². The number of aromatic nitrogens is 2. The molecule has 9 nitrogen and oxygen atoms in total. The van der Waals surface area contributed by atoms with E-state index in [9.17, 15) is 9.59 Å². The van der Waals surface area contributed by atoms with Crippen LogP contribution < -0.4 is 20.5 Å². The van der Waals surface area contributed by atoms with E-state index in [1.54, 1.807) is 54.0 Å². The van der Waals surface area contributed by atoms with Gasteiger partial charge in [0, 0.05) is 28.3 Å². The molecule has 3 heterocycles.